The number of carbonyl (C=O) groups excluding carboxylic acids is 2. The minimum absolute atomic E-state index is 0.158. The van der Waals surface area contributed by atoms with Gasteiger partial charge in [0.05, 0.1) is 18.6 Å². The van der Waals surface area contributed by atoms with Crippen LogP contribution in [0.2, 0.25) is 0 Å². The molecule has 3 aliphatic heterocycles. The van der Waals surface area contributed by atoms with Crippen molar-refractivity contribution in [1.82, 2.24) is 4.90 Å². The van der Waals surface area contributed by atoms with E-state index in [9.17, 15) is 9.59 Å². The van der Waals surface area contributed by atoms with E-state index < -0.39 is 17.9 Å². The normalized spacial score (nSPS) is 27.5. The van der Waals surface area contributed by atoms with Gasteiger partial charge in [-0.05, 0) is 67.5 Å². The van der Waals surface area contributed by atoms with Crippen molar-refractivity contribution in [2.45, 2.75) is 69.9 Å². The van der Waals surface area contributed by atoms with E-state index in [4.69, 9.17) is 18.9 Å². The molecule has 0 unspecified atom stereocenters. The lowest BCUT2D eigenvalue weighted by Gasteiger charge is -2.39. The first kappa shape index (κ1) is 22.3. The van der Waals surface area contributed by atoms with Crippen LogP contribution in [-0.4, -0.2) is 55.3 Å². The van der Waals surface area contributed by atoms with Crippen LogP contribution in [0.1, 0.15) is 63.0 Å². The van der Waals surface area contributed by atoms with E-state index in [1.54, 1.807) is 7.11 Å². The molecule has 1 aliphatic carbocycles. The van der Waals surface area contributed by atoms with Crippen LogP contribution in [0.25, 0.3) is 0 Å². The van der Waals surface area contributed by atoms with Crippen molar-refractivity contribution in [1.29, 1.82) is 0 Å². The topological polar surface area (TPSA) is 74.3 Å². The molecule has 4 aliphatic rings. The predicted octanol–water partition coefficient (Wildman–Crippen LogP) is 3.74. The van der Waals surface area contributed by atoms with Gasteiger partial charge >= 0.3 is 5.97 Å². The first-order chi connectivity index (χ1) is 15.9. The van der Waals surface area contributed by atoms with Crippen molar-refractivity contribution in [3.8, 4) is 11.5 Å². The first-order valence-corrected chi connectivity index (χ1v) is 12.1. The zero-order valence-electron chi connectivity index (χ0n) is 19.7. The number of benzene rings is 1. The highest BCUT2D eigenvalue weighted by molar-refractivity contribution is 6.33. The summed E-state index contributed by atoms with van der Waals surface area (Å²) in [5, 5.41) is 0. The number of fused-ring (bicyclic) bond motifs is 3. The Morgan fingerprint density at radius 2 is 2.00 bits per heavy atom. The van der Waals surface area contributed by atoms with Gasteiger partial charge in [0.2, 0.25) is 12.6 Å². The lowest BCUT2D eigenvalue weighted by atomic mass is 9.77. The number of rotatable bonds is 7. The van der Waals surface area contributed by atoms with E-state index in [0.29, 0.717) is 18.1 Å². The van der Waals surface area contributed by atoms with Gasteiger partial charge < -0.3 is 18.9 Å². The molecule has 3 atom stereocenters. The van der Waals surface area contributed by atoms with Gasteiger partial charge in [-0.1, -0.05) is 20.3 Å². The molecule has 1 aromatic carbocycles. The SMILES string of the molecule is COC1=C[C@]23CCCN2CCc2cc4c(cc2[C@@H]3[C@@H]1OC(=O)C(=O)CCCC(C)C)OCO4. The summed E-state index contributed by atoms with van der Waals surface area (Å²) in [6.45, 7) is 6.33. The van der Waals surface area contributed by atoms with Gasteiger partial charge in [-0.25, -0.2) is 4.79 Å². The van der Waals surface area contributed by atoms with Crippen LogP contribution in [0.15, 0.2) is 24.0 Å². The molecule has 0 amide bonds. The van der Waals surface area contributed by atoms with Crippen LogP contribution in [0, 0.1) is 5.92 Å². The third-order valence-electron chi connectivity index (χ3n) is 7.61. The Bertz CT molecular complexity index is 985. The molecule has 1 saturated heterocycles. The molecule has 3 heterocycles. The molecular formula is C26H33NO6. The third-order valence-corrected chi connectivity index (χ3v) is 7.61. The molecule has 1 aromatic rings. The Morgan fingerprint density at radius 3 is 2.76 bits per heavy atom. The number of Topliss-reactive ketones (excluding diaryl/α,β-unsaturated/α-hetero) is 1. The van der Waals surface area contributed by atoms with Crippen LogP contribution >= 0.6 is 0 Å². The molecule has 0 radical (unpaired) electrons. The number of carbonyl (C=O) groups is 2. The van der Waals surface area contributed by atoms with Crippen molar-refractivity contribution >= 4 is 11.8 Å². The van der Waals surface area contributed by atoms with Crippen molar-refractivity contribution in [2.24, 2.45) is 5.92 Å². The molecule has 7 nitrogen and oxygen atoms in total. The minimum Gasteiger partial charge on any atom is -0.497 e. The standard InChI is InChI=1S/C26H33NO6/c1-16(2)6-4-7-19(28)25(29)33-24-22(30-3)14-26-9-5-10-27(26)11-8-17-12-20-21(32-15-31-20)13-18(17)23(24)26/h12-14,16,23-24H,4-11,15H2,1-3H3/t23-,24-,26+/m1/s1. The number of hydrogen-bond donors (Lipinski definition) is 0. The van der Waals surface area contributed by atoms with E-state index in [1.165, 1.54) is 5.56 Å². The molecule has 7 heteroatoms. The van der Waals surface area contributed by atoms with E-state index in [0.717, 1.165) is 55.8 Å². The summed E-state index contributed by atoms with van der Waals surface area (Å²) < 4.78 is 23.0. The number of ketones is 1. The summed E-state index contributed by atoms with van der Waals surface area (Å²) in [5.41, 5.74) is 1.97. The second kappa shape index (κ2) is 8.67. The smallest absolute Gasteiger partial charge is 0.375 e. The monoisotopic (exact) mass is 455 g/mol. The summed E-state index contributed by atoms with van der Waals surface area (Å²) in [4.78, 5) is 27.9. The average molecular weight is 456 g/mol. The van der Waals surface area contributed by atoms with Gasteiger partial charge in [-0.2, -0.15) is 0 Å². The molecule has 0 aromatic heterocycles. The first-order valence-electron chi connectivity index (χ1n) is 12.1. The second-order valence-corrected chi connectivity index (χ2v) is 10.00. The number of methoxy groups -OCH3 is 1. The van der Waals surface area contributed by atoms with Crippen molar-refractivity contribution in [3.63, 3.8) is 0 Å². The molecule has 0 bridgehead atoms. The molecule has 33 heavy (non-hydrogen) atoms. The molecule has 0 N–H and O–H groups in total. The zero-order valence-corrected chi connectivity index (χ0v) is 19.7. The van der Waals surface area contributed by atoms with Gasteiger partial charge in [0.25, 0.3) is 0 Å². The number of ether oxygens (including phenoxy) is 4. The summed E-state index contributed by atoms with van der Waals surface area (Å²) in [5.74, 6) is 1.22. The lowest BCUT2D eigenvalue weighted by molar-refractivity contribution is -0.159. The van der Waals surface area contributed by atoms with Gasteiger partial charge in [0, 0.05) is 13.0 Å². The highest BCUT2D eigenvalue weighted by Crippen LogP contribution is 2.55. The molecule has 1 fully saturated rings. The molecule has 1 spiro atoms. The zero-order chi connectivity index (χ0) is 23.2. The van der Waals surface area contributed by atoms with E-state index in [1.807, 2.05) is 6.07 Å². The van der Waals surface area contributed by atoms with Gasteiger partial charge in [-0.15, -0.1) is 0 Å². The average Bonchev–Trinajstić information content (AvgIpc) is 3.47. The van der Waals surface area contributed by atoms with E-state index >= 15 is 0 Å². The van der Waals surface area contributed by atoms with Crippen molar-refractivity contribution in [2.75, 3.05) is 27.0 Å². The highest BCUT2D eigenvalue weighted by Gasteiger charge is 2.58. The number of nitrogens with zero attached hydrogens (tertiary/aromatic N) is 1. The molecular weight excluding hydrogens is 422 g/mol. The lowest BCUT2D eigenvalue weighted by Crippen LogP contribution is -2.47. The van der Waals surface area contributed by atoms with Crippen molar-refractivity contribution < 1.29 is 28.5 Å². The fourth-order valence-electron chi connectivity index (χ4n) is 6.05. The van der Waals surface area contributed by atoms with E-state index in [-0.39, 0.29) is 24.7 Å². The third kappa shape index (κ3) is 3.80. The minimum atomic E-state index is -0.764. The maximum atomic E-state index is 12.9. The van der Waals surface area contributed by atoms with Gasteiger partial charge in [0.15, 0.2) is 17.6 Å². The maximum Gasteiger partial charge on any atom is 0.375 e. The van der Waals surface area contributed by atoms with Crippen LogP contribution in [0.4, 0.5) is 0 Å². The van der Waals surface area contributed by atoms with Crippen molar-refractivity contribution in [3.05, 3.63) is 35.1 Å². The Hall–Kier alpha value is -2.54. The Kier molecular flexibility index (Phi) is 5.85. The summed E-state index contributed by atoms with van der Waals surface area (Å²) in [7, 11) is 1.61. The van der Waals surface area contributed by atoms with Crippen LogP contribution in [0.3, 0.4) is 0 Å². The maximum absolute atomic E-state index is 12.9. The number of esters is 1. The quantitative estimate of drug-likeness (QED) is 0.458. The highest BCUT2D eigenvalue weighted by atomic mass is 16.7. The fourth-order valence-corrected chi connectivity index (χ4v) is 6.05. The molecule has 178 valence electrons. The Morgan fingerprint density at radius 1 is 1.21 bits per heavy atom. The van der Waals surface area contributed by atoms with Crippen LogP contribution < -0.4 is 9.47 Å². The number of hydrogen-bond acceptors (Lipinski definition) is 7. The van der Waals surface area contributed by atoms with Gasteiger partial charge in [-0.3, -0.25) is 9.69 Å². The Labute approximate surface area is 195 Å². The summed E-state index contributed by atoms with van der Waals surface area (Å²) >= 11 is 0. The second-order valence-electron chi connectivity index (χ2n) is 10.00. The molecule has 5 rings (SSSR count). The van der Waals surface area contributed by atoms with Gasteiger partial charge in [0.1, 0.15) is 5.76 Å². The summed E-state index contributed by atoms with van der Waals surface area (Å²) in [6, 6.07) is 4.11. The fraction of sp³-hybridized carbons (Fsp3) is 0.615. The largest absolute Gasteiger partial charge is 0.497 e. The summed E-state index contributed by atoms with van der Waals surface area (Å²) in [6.07, 6.45) is 6.22. The molecule has 0 saturated carbocycles. The van der Waals surface area contributed by atoms with Crippen LogP contribution in [-0.2, 0) is 25.5 Å². The van der Waals surface area contributed by atoms with E-state index in [2.05, 4.69) is 30.9 Å². The Balaban J connectivity index is 1.48. The van der Waals surface area contributed by atoms with Crippen LogP contribution in [0.5, 0.6) is 11.5 Å². The predicted molar refractivity (Wildman–Crippen MR) is 121 cm³/mol.